The fraction of sp³-hybridized carbons (Fsp3) is 0.217. The minimum atomic E-state index is -2.97. The average Bonchev–Trinajstić information content (AvgIpc) is 3.33. The van der Waals surface area contributed by atoms with Crippen LogP contribution in [0.15, 0.2) is 53.3 Å². The van der Waals surface area contributed by atoms with Gasteiger partial charge < -0.3 is 14.5 Å². The molecule has 4 aromatic rings. The van der Waals surface area contributed by atoms with Crippen molar-refractivity contribution in [2.24, 2.45) is 0 Å². The number of tetrazole rings is 1. The van der Waals surface area contributed by atoms with E-state index >= 15 is 0 Å². The highest BCUT2D eigenvalue weighted by molar-refractivity contribution is 5.83. The molecule has 0 atom stereocenters. The zero-order chi connectivity index (χ0) is 24.1. The molecule has 0 spiro atoms. The quantitative estimate of drug-likeness (QED) is 0.340. The summed E-state index contributed by atoms with van der Waals surface area (Å²) in [5.41, 5.74) is 0.695. The lowest BCUT2D eigenvalue weighted by Gasteiger charge is -2.12. The Morgan fingerprint density at radius 3 is 2.44 bits per heavy atom. The van der Waals surface area contributed by atoms with Crippen molar-refractivity contribution in [2.75, 3.05) is 6.61 Å². The second kappa shape index (κ2) is 10.2. The molecule has 0 radical (unpaired) electrons. The molecule has 0 aliphatic rings. The second-order valence-corrected chi connectivity index (χ2v) is 7.28. The van der Waals surface area contributed by atoms with Crippen molar-refractivity contribution in [2.45, 2.75) is 26.4 Å². The lowest BCUT2D eigenvalue weighted by Crippen LogP contribution is -2.13. The number of hydrogen-bond donors (Lipinski definition) is 2. The number of alkyl halides is 2. The number of benzene rings is 2. The molecule has 2 heterocycles. The first kappa shape index (κ1) is 23.0. The number of halogens is 3. The highest BCUT2D eigenvalue weighted by Gasteiger charge is 2.19. The van der Waals surface area contributed by atoms with Crippen LogP contribution in [-0.4, -0.2) is 38.8 Å². The van der Waals surface area contributed by atoms with Gasteiger partial charge in [-0.15, -0.1) is 10.2 Å². The number of ether oxygens (including phenoxy) is 2. The van der Waals surface area contributed by atoms with Crippen LogP contribution < -0.4 is 15.0 Å². The van der Waals surface area contributed by atoms with Gasteiger partial charge in [0.25, 0.3) is 5.56 Å². The maximum absolute atomic E-state index is 14.9. The second-order valence-electron chi connectivity index (χ2n) is 7.28. The molecule has 4 rings (SSSR count). The van der Waals surface area contributed by atoms with E-state index in [2.05, 4.69) is 30.3 Å². The molecule has 0 fully saturated rings. The van der Waals surface area contributed by atoms with E-state index in [4.69, 9.17) is 4.74 Å². The van der Waals surface area contributed by atoms with Gasteiger partial charge in [0.05, 0.1) is 17.9 Å². The third-order valence-electron chi connectivity index (χ3n) is 4.99. The number of rotatable bonds is 9. The van der Waals surface area contributed by atoms with Crippen molar-refractivity contribution in [1.29, 1.82) is 0 Å². The highest BCUT2D eigenvalue weighted by Crippen LogP contribution is 2.33. The van der Waals surface area contributed by atoms with Gasteiger partial charge in [0.2, 0.25) is 5.82 Å². The largest absolute Gasteiger partial charge is 0.493 e. The lowest BCUT2D eigenvalue weighted by molar-refractivity contribution is -0.0498. The zero-order valence-corrected chi connectivity index (χ0v) is 18.0. The zero-order valence-electron chi connectivity index (χ0n) is 18.0. The minimum Gasteiger partial charge on any atom is -0.493 e. The normalized spacial score (nSPS) is 11.1. The topological polar surface area (TPSA) is 106 Å². The van der Waals surface area contributed by atoms with Crippen LogP contribution in [0.25, 0.3) is 33.8 Å². The number of pyridine rings is 1. The predicted octanol–water partition coefficient (Wildman–Crippen LogP) is 4.81. The molecule has 0 bridgehead atoms. The summed E-state index contributed by atoms with van der Waals surface area (Å²) in [4.78, 5) is 15.7. The van der Waals surface area contributed by atoms with E-state index < -0.39 is 18.0 Å². The van der Waals surface area contributed by atoms with Gasteiger partial charge >= 0.3 is 6.61 Å². The Morgan fingerprint density at radius 1 is 1.03 bits per heavy atom. The molecule has 0 unspecified atom stereocenters. The third kappa shape index (κ3) is 5.08. The Balaban J connectivity index is 1.78. The SMILES string of the molecule is CCCCOc1ccc(-c2cc(-c3ccc(OC(F)F)cc3)c(-c3nn[nH]n3)c(=O)[nH]2)c(F)c1. The molecule has 0 saturated carbocycles. The molecule has 176 valence electrons. The molecule has 2 aromatic carbocycles. The van der Waals surface area contributed by atoms with Crippen molar-refractivity contribution in [3.05, 3.63) is 64.7 Å². The van der Waals surface area contributed by atoms with Crippen LogP contribution in [0, 0.1) is 5.82 Å². The third-order valence-corrected chi connectivity index (χ3v) is 4.99. The maximum atomic E-state index is 14.9. The molecule has 34 heavy (non-hydrogen) atoms. The average molecular weight is 471 g/mol. The molecule has 0 saturated heterocycles. The number of unbranched alkanes of at least 4 members (excludes halogenated alkanes) is 1. The summed E-state index contributed by atoms with van der Waals surface area (Å²) in [5.74, 6) is -0.218. The van der Waals surface area contributed by atoms with Gasteiger partial charge in [-0.3, -0.25) is 4.79 Å². The highest BCUT2D eigenvalue weighted by atomic mass is 19.3. The Bertz CT molecular complexity index is 1310. The number of aromatic nitrogens is 5. The number of nitrogens with one attached hydrogen (secondary N) is 2. The van der Waals surface area contributed by atoms with Gasteiger partial charge in [0.1, 0.15) is 17.3 Å². The molecule has 0 amide bonds. The first-order valence-corrected chi connectivity index (χ1v) is 10.5. The molecule has 8 nitrogen and oxygen atoms in total. The Kier molecular flexibility index (Phi) is 6.90. The monoisotopic (exact) mass is 471 g/mol. The van der Waals surface area contributed by atoms with Crippen molar-refractivity contribution in [3.8, 4) is 45.3 Å². The van der Waals surface area contributed by atoms with E-state index in [9.17, 15) is 18.0 Å². The van der Waals surface area contributed by atoms with E-state index in [0.29, 0.717) is 23.5 Å². The Morgan fingerprint density at radius 2 is 1.79 bits per heavy atom. The fourth-order valence-corrected chi connectivity index (χ4v) is 3.38. The summed E-state index contributed by atoms with van der Waals surface area (Å²) in [7, 11) is 0. The molecule has 0 aliphatic heterocycles. The standard InChI is InChI=1S/C23H20F3N5O3/c1-2-3-10-33-15-8-9-16(18(24)11-15)19-12-17(13-4-6-14(7-5-13)34-23(25)26)20(22(32)27-19)21-28-30-31-29-21/h4-9,11-12,23H,2-3,10H2,1H3,(H,27,32)(H,28,29,30,31). The first-order chi connectivity index (χ1) is 16.5. The summed E-state index contributed by atoms with van der Waals surface area (Å²) < 4.78 is 49.9. The lowest BCUT2D eigenvalue weighted by atomic mass is 9.98. The number of H-pyrrole nitrogens is 2. The van der Waals surface area contributed by atoms with E-state index in [1.54, 1.807) is 12.1 Å². The van der Waals surface area contributed by atoms with E-state index in [1.165, 1.54) is 36.4 Å². The van der Waals surface area contributed by atoms with Crippen LogP contribution in [0.5, 0.6) is 11.5 Å². The molecular weight excluding hydrogens is 451 g/mol. The summed E-state index contributed by atoms with van der Waals surface area (Å²) in [6.45, 7) is -0.469. The van der Waals surface area contributed by atoms with Gasteiger partial charge in [-0.05, 0) is 47.5 Å². The van der Waals surface area contributed by atoms with Crippen molar-refractivity contribution >= 4 is 0 Å². The van der Waals surface area contributed by atoms with Crippen LogP contribution in [0.3, 0.4) is 0 Å². The molecule has 2 N–H and O–H groups in total. The smallest absolute Gasteiger partial charge is 0.387 e. The summed E-state index contributed by atoms with van der Waals surface area (Å²) in [6, 6.07) is 11.6. The van der Waals surface area contributed by atoms with E-state index in [1.807, 2.05) is 6.92 Å². The molecule has 2 aromatic heterocycles. The molecular formula is C23H20F3N5O3. The molecule has 0 aliphatic carbocycles. The molecule has 11 heteroatoms. The summed E-state index contributed by atoms with van der Waals surface area (Å²) in [5, 5.41) is 13.5. The first-order valence-electron chi connectivity index (χ1n) is 10.5. The summed E-state index contributed by atoms with van der Waals surface area (Å²) >= 11 is 0. The van der Waals surface area contributed by atoms with E-state index in [-0.39, 0.29) is 28.4 Å². The van der Waals surface area contributed by atoms with Crippen molar-refractivity contribution in [3.63, 3.8) is 0 Å². The fourth-order valence-electron chi connectivity index (χ4n) is 3.38. The Labute approximate surface area is 191 Å². The van der Waals surface area contributed by atoms with Crippen LogP contribution in [0.4, 0.5) is 13.2 Å². The number of nitrogens with zero attached hydrogens (tertiary/aromatic N) is 3. The van der Waals surface area contributed by atoms with Gasteiger partial charge in [-0.1, -0.05) is 25.5 Å². The Hall–Kier alpha value is -4.15. The maximum Gasteiger partial charge on any atom is 0.387 e. The predicted molar refractivity (Wildman–Crippen MR) is 118 cm³/mol. The van der Waals surface area contributed by atoms with Gasteiger partial charge in [0.15, 0.2) is 0 Å². The summed E-state index contributed by atoms with van der Waals surface area (Å²) in [6.07, 6.45) is 1.80. The van der Waals surface area contributed by atoms with Crippen LogP contribution in [0.2, 0.25) is 0 Å². The van der Waals surface area contributed by atoms with Crippen LogP contribution in [-0.2, 0) is 0 Å². The van der Waals surface area contributed by atoms with Crippen molar-refractivity contribution < 1.29 is 22.6 Å². The van der Waals surface area contributed by atoms with Gasteiger partial charge in [0, 0.05) is 17.2 Å². The van der Waals surface area contributed by atoms with E-state index in [0.717, 1.165) is 12.8 Å². The minimum absolute atomic E-state index is 0.0239. The van der Waals surface area contributed by atoms with Gasteiger partial charge in [-0.2, -0.15) is 14.0 Å². The van der Waals surface area contributed by atoms with Crippen LogP contribution >= 0.6 is 0 Å². The number of aromatic amines is 2. The number of hydrogen-bond acceptors (Lipinski definition) is 6. The van der Waals surface area contributed by atoms with Crippen molar-refractivity contribution in [1.82, 2.24) is 25.6 Å². The van der Waals surface area contributed by atoms with Crippen LogP contribution in [0.1, 0.15) is 19.8 Å². The van der Waals surface area contributed by atoms with Gasteiger partial charge in [-0.25, -0.2) is 4.39 Å².